The van der Waals surface area contributed by atoms with Gasteiger partial charge in [-0.15, -0.1) is 0 Å². The van der Waals surface area contributed by atoms with Crippen molar-refractivity contribution in [2.75, 3.05) is 5.75 Å². The van der Waals surface area contributed by atoms with Crippen molar-refractivity contribution in [1.29, 1.82) is 0 Å². The van der Waals surface area contributed by atoms with Gasteiger partial charge in [0.25, 0.3) is 0 Å². The van der Waals surface area contributed by atoms with Crippen molar-refractivity contribution >= 4 is 11.8 Å². The summed E-state index contributed by atoms with van der Waals surface area (Å²) in [5.41, 5.74) is 0. The van der Waals surface area contributed by atoms with Gasteiger partial charge in [-0.05, 0) is 12.2 Å². The Balaban J connectivity index is 2.58. The van der Waals surface area contributed by atoms with Gasteiger partial charge in [0, 0.05) is 0 Å². The first kappa shape index (κ1) is 12.5. The number of nitrogens with zero attached hydrogens (tertiary/aromatic N) is 2. The lowest BCUT2D eigenvalue weighted by atomic mass is 10.0. The van der Waals surface area contributed by atoms with Crippen LogP contribution in [0, 0.1) is 0 Å². The zero-order chi connectivity index (χ0) is 11.3. The lowest BCUT2D eigenvalue weighted by molar-refractivity contribution is 0.129. The molecule has 0 fully saturated rings. The minimum Gasteiger partial charge on any atom is -0.392 e. The van der Waals surface area contributed by atoms with Gasteiger partial charge in [0.05, 0.1) is 17.8 Å². The summed E-state index contributed by atoms with van der Waals surface area (Å²) in [7, 11) is 0. The van der Waals surface area contributed by atoms with E-state index in [0.29, 0.717) is 18.1 Å². The van der Waals surface area contributed by atoms with Crippen LogP contribution in [0.25, 0.3) is 0 Å². The second-order valence-corrected chi connectivity index (χ2v) is 4.72. The van der Waals surface area contributed by atoms with Crippen LogP contribution in [0.5, 0.6) is 0 Å². The van der Waals surface area contributed by atoms with E-state index in [0.717, 1.165) is 11.5 Å². The summed E-state index contributed by atoms with van der Waals surface area (Å²) in [6, 6.07) is 0. The van der Waals surface area contributed by atoms with E-state index in [-0.39, 0.29) is 5.92 Å². The highest BCUT2D eigenvalue weighted by Gasteiger charge is 2.20. The Morgan fingerprint density at radius 1 is 1.47 bits per heavy atom. The molecular formula is C10H18N2O2S. The molecule has 1 rings (SSSR count). The van der Waals surface area contributed by atoms with E-state index in [1.807, 2.05) is 13.8 Å². The summed E-state index contributed by atoms with van der Waals surface area (Å²) in [6.07, 6.45) is 0.292. The molecule has 0 spiro atoms. The third-order valence-corrected chi connectivity index (χ3v) is 3.17. The van der Waals surface area contributed by atoms with E-state index in [9.17, 15) is 5.11 Å². The zero-order valence-electron chi connectivity index (χ0n) is 9.43. The molecular weight excluding hydrogens is 212 g/mol. The highest BCUT2D eigenvalue weighted by Crippen LogP contribution is 2.20. The molecule has 0 saturated heterocycles. The maximum Gasteiger partial charge on any atom is 0.232 e. The van der Waals surface area contributed by atoms with E-state index in [1.165, 1.54) is 0 Å². The first-order valence-electron chi connectivity index (χ1n) is 5.27. The quantitative estimate of drug-likeness (QED) is 0.811. The molecule has 2 atom stereocenters. The van der Waals surface area contributed by atoms with Gasteiger partial charge in [0.1, 0.15) is 0 Å². The summed E-state index contributed by atoms with van der Waals surface area (Å²) < 4.78 is 5.11. The molecule has 2 unspecified atom stereocenters. The number of aliphatic hydroxyl groups excluding tert-OH is 1. The van der Waals surface area contributed by atoms with Gasteiger partial charge in [-0.25, -0.2) is 0 Å². The van der Waals surface area contributed by atoms with Crippen molar-refractivity contribution in [2.45, 2.75) is 45.0 Å². The third kappa shape index (κ3) is 3.50. The van der Waals surface area contributed by atoms with E-state index in [4.69, 9.17) is 4.52 Å². The van der Waals surface area contributed by atoms with E-state index >= 15 is 0 Å². The number of rotatable bonds is 6. The third-order valence-electron chi connectivity index (χ3n) is 2.30. The molecule has 15 heavy (non-hydrogen) atoms. The van der Waals surface area contributed by atoms with E-state index < -0.39 is 6.10 Å². The SMILES string of the molecule is CCSCc1noc(C(C)C(O)CC)n1. The van der Waals surface area contributed by atoms with Gasteiger partial charge in [-0.1, -0.05) is 25.9 Å². The molecule has 1 aromatic rings. The summed E-state index contributed by atoms with van der Waals surface area (Å²) in [4.78, 5) is 4.26. The van der Waals surface area contributed by atoms with Crippen LogP contribution < -0.4 is 0 Å². The van der Waals surface area contributed by atoms with Gasteiger partial charge in [-0.2, -0.15) is 16.7 Å². The van der Waals surface area contributed by atoms with Gasteiger partial charge in [0.15, 0.2) is 5.82 Å². The average molecular weight is 230 g/mol. The molecule has 0 aliphatic heterocycles. The Hall–Kier alpha value is -0.550. The molecule has 4 nitrogen and oxygen atoms in total. The molecule has 1 aromatic heterocycles. The standard InChI is InChI=1S/C10H18N2O2S/c1-4-8(13)7(3)10-11-9(12-14-10)6-15-5-2/h7-8,13H,4-6H2,1-3H3. The lowest BCUT2D eigenvalue weighted by Gasteiger charge is -2.11. The highest BCUT2D eigenvalue weighted by molar-refractivity contribution is 7.98. The number of aliphatic hydroxyl groups is 1. The Kier molecular flexibility index (Phi) is 5.11. The molecule has 0 amide bonds. The van der Waals surface area contributed by atoms with Gasteiger partial charge < -0.3 is 9.63 Å². The molecule has 1 N–H and O–H groups in total. The summed E-state index contributed by atoms with van der Waals surface area (Å²) in [5.74, 6) is 2.98. The van der Waals surface area contributed by atoms with Crippen molar-refractivity contribution in [3.63, 3.8) is 0 Å². The van der Waals surface area contributed by atoms with Crippen molar-refractivity contribution in [3.05, 3.63) is 11.7 Å². The Morgan fingerprint density at radius 2 is 2.20 bits per heavy atom. The van der Waals surface area contributed by atoms with Crippen LogP contribution in [0.4, 0.5) is 0 Å². The molecule has 86 valence electrons. The number of hydrogen-bond donors (Lipinski definition) is 1. The van der Waals surface area contributed by atoms with Crippen LogP contribution >= 0.6 is 11.8 Å². The van der Waals surface area contributed by atoms with Crippen molar-refractivity contribution in [1.82, 2.24) is 10.1 Å². The Labute approximate surface area is 94.5 Å². The summed E-state index contributed by atoms with van der Waals surface area (Å²) in [6.45, 7) is 5.93. The van der Waals surface area contributed by atoms with Gasteiger partial charge in [0.2, 0.25) is 5.89 Å². The molecule has 1 heterocycles. The molecule has 0 aliphatic carbocycles. The average Bonchev–Trinajstić information content (AvgIpc) is 2.72. The normalized spacial score (nSPS) is 15.2. The molecule has 0 aromatic carbocycles. The number of aromatic nitrogens is 2. The summed E-state index contributed by atoms with van der Waals surface area (Å²) in [5, 5.41) is 13.5. The first-order valence-corrected chi connectivity index (χ1v) is 6.42. The number of hydrogen-bond acceptors (Lipinski definition) is 5. The highest BCUT2D eigenvalue weighted by atomic mass is 32.2. The monoisotopic (exact) mass is 230 g/mol. The van der Waals surface area contributed by atoms with Crippen LogP contribution in [0.15, 0.2) is 4.52 Å². The molecule has 0 radical (unpaired) electrons. The predicted octanol–water partition coefficient (Wildman–Crippen LogP) is 2.20. The smallest absolute Gasteiger partial charge is 0.232 e. The fourth-order valence-electron chi connectivity index (χ4n) is 1.22. The largest absolute Gasteiger partial charge is 0.392 e. The number of thioether (sulfide) groups is 1. The van der Waals surface area contributed by atoms with Crippen LogP contribution in [0.2, 0.25) is 0 Å². The lowest BCUT2D eigenvalue weighted by Crippen LogP contribution is -2.14. The van der Waals surface area contributed by atoms with Crippen molar-refractivity contribution < 1.29 is 9.63 Å². The second kappa shape index (κ2) is 6.12. The van der Waals surface area contributed by atoms with E-state index in [2.05, 4.69) is 17.1 Å². The van der Waals surface area contributed by atoms with Crippen LogP contribution in [0.3, 0.4) is 0 Å². The maximum atomic E-state index is 9.63. The van der Waals surface area contributed by atoms with Crippen molar-refractivity contribution in [2.24, 2.45) is 0 Å². The van der Waals surface area contributed by atoms with Crippen molar-refractivity contribution in [3.8, 4) is 0 Å². The molecule has 0 saturated carbocycles. The first-order chi connectivity index (χ1) is 7.19. The topological polar surface area (TPSA) is 59.2 Å². The Morgan fingerprint density at radius 3 is 2.80 bits per heavy atom. The fraction of sp³-hybridized carbons (Fsp3) is 0.800. The van der Waals surface area contributed by atoms with Crippen LogP contribution in [-0.2, 0) is 5.75 Å². The molecule has 5 heteroatoms. The van der Waals surface area contributed by atoms with Crippen LogP contribution in [0.1, 0.15) is 44.8 Å². The Bertz CT molecular complexity index is 291. The molecule has 0 aliphatic rings. The van der Waals surface area contributed by atoms with Gasteiger partial charge >= 0.3 is 0 Å². The van der Waals surface area contributed by atoms with Gasteiger partial charge in [-0.3, -0.25) is 0 Å². The van der Waals surface area contributed by atoms with E-state index in [1.54, 1.807) is 11.8 Å². The van der Waals surface area contributed by atoms with Crippen LogP contribution in [-0.4, -0.2) is 27.1 Å². The second-order valence-electron chi connectivity index (χ2n) is 3.45. The predicted molar refractivity (Wildman–Crippen MR) is 60.8 cm³/mol. The maximum absolute atomic E-state index is 9.63. The zero-order valence-corrected chi connectivity index (χ0v) is 10.3. The molecule has 0 bridgehead atoms. The minimum atomic E-state index is -0.405. The minimum absolute atomic E-state index is 0.0807. The fourth-order valence-corrected chi connectivity index (χ4v) is 1.73. The summed E-state index contributed by atoms with van der Waals surface area (Å²) >= 11 is 1.75.